The summed E-state index contributed by atoms with van der Waals surface area (Å²) >= 11 is 0. The van der Waals surface area contributed by atoms with E-state index in [1.165, 1.54) is 6.92 Å². The van der Waals surface area contributed by atoms with E-state index in [-0.39, 0.29) is 24.7 Å². The van der Waals surface area contributed by atoms with E-state index in [0.29, 0.717) is 0 Å². The largest absolute Gasteiger partial charge is 0.394 e. The molecule has 0 unspecified atom stereocenters. The first-order valence-electron chi connectivity index (χ1n) is 5.49. The third-order valence-electron chi connectivity index (χ3n) is 2.93. The Morgan fingerprint density at radius 3 is 2.33 bits per heavy atom. The lowest BCUT2D eigenvalue weighted by molar-refractivity contribution is -0.129. The van der Waals surface area contributed by atoms with Crippen LogP contribution >= 0.6 is 0 Å². The SMILES string of the molecule is CC(=O)CC(=O)NC1(CO)CCCCC1. The molecule has 0 spiro atoms. The van der Waals surface area contributed by atoms with Gasteiger partial charge in [-0.1, -0.05) is 19.3 Å². The number of hydrogen-bond donors (Lipinski definition) is 2. The number of rotatable bonds is 4. The fraction of sp³-hybridized carbons (Fsp3) is 0.818. The summed E-state index contributed by atoms with van der Waals surface area (Å²) < 4.78 is 0. The number of aliphatic hydroxyl groups is 1. The van der Waals surface area contributed by atoms with Crippen molar-refractivity contribution in [2.24, 2.45) is 0 Å². The highest BCUT2D eigenvalue weighted by Gasteiger charge is 2.32. The molecule has 4 nitrogen and oxygen atoms in total. The summed E-state index contributed by atoms with van der Waals surface area (Å²) in [6.45, 7) is 1.36. The highest BCUT2D eigenvalue weighted by atomic mass is 16.3. The Morgan fingerprint density at radius 1 is 1.27 bits per heavy atom. The maximum Gasteiger partial charge on any atom is 0.227 e. The predicted octanol–water partition coefficient (Wildman–Crippen LogP) is 0.777. The zero-order chi connectivity index (χ0) is 11.3. The van der Waals surface area contributed by atoms with Crippen molar-refractivity contribution < 1.29 is 14.7 Å². The van der Waals surface area contributed by atoms with Crippen LogP contribution in [0.25, 0.3) is 0 Å². The van der Waals surface area contributed by atoms with Crippen molar-refractivity contribution in [2.45, 2.75) is 51.0 Å². The first kappa shape index (κ1) is 12.2. The van der Waals surface area contributed by atoms with E-state index in [0.717, 1.165) is 32.1 Å². The molecule has 1 aliphatic carbocycles. The van der Waals surface area contributed by atoms with E-state index in [9.17, 15) is 14.7 Å². The predicted molar refractivity (Wildman–Crippen MR) is 56.3 cm³/mol. The lowest BCUT2D eigenvalue weighted by Crippen LogP contribution is -2.52. The van der Waals surface area contributed by atoms with Crippen molar-refractivity contribution in [3.8, 4) is 0 Å². The Morgan fingerprint density at radius 2 is 1.87 bits per heavy atom. The second-order valence-electron chi connectivity index (χ2n) is 4.43. The number of carbonyl (C=O) groups is 2. The van der Waals surface area contributed by atoms with Gasteiger partial charge in [-0.2, -0.15) is 0 Å². The smallest absolute Gasteiger partial charge is 0.227 e. The van der Waals surface area contributed by atoms with Gasteiger partial charge in [0.05, 0.1) is 18.6 Å². The third kappa shape index (κ3) is 3.63. The van der Waals surface area contributed by atoms with Crippen molar-refractivity contribution in [3.05, 3.63) is 0 Å². The maximum absolute atomic E-state index is 11.4. The molecule has 0 aromatic heterocycles. The van der Waals surface area contributed by atoms with Crippen molar-refractivity contribution in [2.75, 3.05) is 6.61 Å². The van der Waals surface area contributed by atoms with Crippen LogP contribution in [0.2, 0.25) is 0 Å². The zero-order valence-electron chi connectivity index (χ0n) is 9.21. The molecule has 0 aromatic rings. The standard InChI is InChI=1S/C11H19NO3/c1-9(14)7-10(15)12-11(8-13)5-3-2-4-6-11/h13H,2-8H2,1H3,(H,12,15). The van der Waals surface area contributed by atoms with Crippen LogP contribution in [0.5, 0.6) is 0 Å². The monoisotopic (exact) mass is 213 g/mol. The Hall–Kier alpha value is -0.900. The average Bonchev–Trinajstić information content (AvgIpc) is 2.17. The summed E-state index contributed by atoms with van der Waals surface area (Å²) in [5, 5.41) is 12.1. The van der Waals surface area contributed by atoms with E-state index in [2.05, 4.69) is 5.32 Å². The first-order chi connectivity index (χ1) is 7.08. The van der Waals surface area contributed by atoms with Gasteiger partial charge in [0.15, 0.2) is 0 Å². The molecule has 0 saturated heterocycles. The van der Waals surface area contributed by atoms with E-state index in [4.69, 9.17) is 0 Å². The van der Waals surface area contributed by atoms with Crippen LogP contribution in [0.3, 0.4) is 0 Å². The van der Waals surface area contributed by atoms with Crippen molar-refractivity contribution in [3.63, 3.8) is 0 Å². The molecule has 0 bridgehead atoms. The lowest BCUT2D eigenvalue weighted by Gasteiger charge is -2.36. The van der Waals surface area contributed by atoms with Gasteiger partial charge >= 0.3 is 0 Å². The summed E-state index contributed by atoms with van der Waals surface area (Å²) in [5.74, 6) is -0.408. The van der Waals surface area contributed by atoms with Gasteiger partial charge in [-0.15, -0.1) is 0 Å². The molecular weight excluding hydrogens is 194 g/mol. The quantitative estimate of drug-likeness (QED) is 0.678. The molecule has 1 fully saturated rings. The van der Waals surface area contributed by atoms with Gasteiger partial charge in [-0.05, 0) is 19.8 Å². The van der Waals surface area contributed by atoms with Crippen LogP contribution in [0, 0.1) is 0 Å². The molecule has 1 saturated carbocycles. The molecule has 0 radical (unpaired) electrons. The average molecular weight is 213 g/mol. The zero-order valence-corrected chi connectivity index (χ0v) is 9.21. The molecule has 2 N–H and O–H groups in total. The first-order valence-corrected chi connectivity index (χ1v) is 5.49. The number of aliphatic hydroxyl groups excluding tert-OH is 1. The molecule has 0 atom stereocenters. The molecule has 1 amide bonds. The lowest BCUT2D eigenvalue weighted by atomic mass is 9.82. The summed E-state index contributed by atoms with van der Waals surface area (Å²) in [6.07, 6.45) is 4.76. The number of hydrogen-bond acceptors (Lipinski definition) is 3. The molecule has 1 rings (SSSR count). The van der Waals surface area contributed by atoms with Gasteiger partial charge in [0.25, 0.3) is 0 Å². The Balaban J connectivity index is 2.51. The van der Waals surface area contributed by atoms with Crippen LogP contribution < -0.4 is 5.32 Å². The summed E-state index contributed by atoms with van der Waals surface area (Å²) in [7, 11) is 0. The summed E-state index contributed by atoms with van der Waals surface area (Å²) in [5.41, 5.74) is -0.467. The van der Waals surface area contributed by atoms with Crippen LogP contribution in [-0.2, 0) is 9.59 Å². The molecule has 0 aliphatic heterocycles. The minimum Gasteiger partial charge on any atom is -0.394 e. The minimum atomic E-state index is -0.467. The highest BCUT2D eigenvalue weighted by Crippen LogP contribution is 2.27. The van der Waals surface area contributed by atoms with Gasteiger partial charge in [-0.25, -0.2) is 0 Å². The van der Waals surface area contributed by atoms with Gasteiger partial charge in [0, 0.05) is 0 Å². The summed E-state index contributed by atoms with van der Waals surface area (Å²) in [6, 6.07) is 0. The minimum absolute atomic E-state index is 0.0311. The van der Waals surface area contributed by atoms with Crippen molar-refractivity contribution in [1.29, 1.82) is 0 Å². The Kier molecular flexibility index (Phi) is 4.27. The fourth-order valence-corrected chi connectivity index (χ4v) is 2.12. The fourth-order valence-electron chi connectivity index (χ4n) is 2.12. The van der Waals surface area contributed by atoms with Crippen LogP contribution in [0.1, 0.15) is 45.4 Å². The second-order valence-corrected chi connectivity index (χ2v) is 4.43. The molecule has 1 aliphatic rings. The molecule has 86 valence electrons. The third-order valence-corrected chi connectivity index (χ3v) is 2.93. The Bertz CT molecular complexity index is 244. The number of Topliss-reactive ketones (excluding diaryl/α,β-unsaturated/α-hetero) is 1. The molecule has 15 heavy (non-hydrogen) atoms. The van der Waals surface area contributed by atoms with E-state index < -0.39 is 5.54 Å². The van der Waals surface area contributed by atoms with Crippen LogP contribution in [0.4, 0.5) is 0 Å². The van der Waals surface area contributed by atoms with Gasteiger partial charge < -0.3 is 10.4 Å². The topological polar surface area (TPSA) is 66.4 Å². The van der Waals surface area contributed by atoms with E-state index in [1.54, 1.807) is 0 Å². The van der Waals surface area contributed by atoms with Gasteiger partial charge in [-0.3, -0.25) is 9.59 Å². The normalized spacial score (nSPS) is 19.6. The van der Waals surface area contributed by atoms with Gasteiger partial charge in [0.2, 0.25) is 5.91 Å². The number of amides is 1. The molecule has 0 heterocycles. The number of nitrogens with one attached hydrogen (secondary N) is 1. The Labute approximate surface area is 90.0 Å². The number of carbonyl (C=O) groups excluding carboxylic acids is 2. The van der Waals surface area contributed by atoms with Crippen molar-refractivity contribution >= 4 is 11.7 Å². The molecule has 4 heteroatoms. The summed E-state index contributed by atoms with van der Waals surface area (Å²) in [4.78, 5) is 22.2. The highest BCUT2D eigenvalue weighted by molar-refractivity contribution is 5.97. The van der Waals surface area contributed by atoms with Crippen molar-refractivity contribution in [1.82, 2.24) is 5.32 Å². The van der Waals surface area contributed by atoms with E-state index in [1.807, 2.05) is 0 Å². The second kappa shape index (κ2) is 5.26. The number of ketones is 1. The molecular formula is C11H19NO3. The van der Waals surface area contributed by atoms with Crippen LogP contribution in [-0.4, -0.2) is 28.9 Å². The maximum atomic E-state index is 11.4. The van der Waals surface area contributed by atoms with E-state index >= 15 is 0 Å². The van der Waals surface area contributed by atoms with Gasteiger partial charge in [0.1, 0.15) is 5.78 Å². The molecule has 0 aromatic carbocycles. The van der Waals surface area contributed by atoms with Crippen LogP contribution in [0.15, 0.2) is 0 Å².